The molecule has 1 fully saturated rings. The average molecular weight is 463 g/mol. The zero-order valence-electron chi connectivity index (χ0n) is 18.2. The van der Waals surface area contributed by atoms with Gasteiger partial charge in [-0.2, -0.15) is 0 Å². The summed E-state index contributed by atoms with van der Waals surface area (Å²) in [6.07, 6.45) is 4.40. The molecule has 1 aromatic heterocycles. The highest BCUT2D eigenvalue weighted by Gasteiger charge is 2.33. The molecule has 0 atom stereocenters. The van der Waals surface area contributed by atoms with Crippen LogP contribution in [0.25, 0.3) is 11.8 Å². The van der Waals surface area contributed by atoms with Crippen molar-refractivity contribution in [3.05, 3.63) is 87.6 Å². The topological polar surface area (TPSA) is 90.0 Å². The zero-order chi connectivity index (χ0) is 23.4. The van der Waals surface area contributed by atoms with Gasteiger partial charge in [0.15, 0.2) is 5.17 Å². The van der Waals surface area contributed by atoms with Crippen molar-refractivity contribution >= 4 is 40.3 Å². The van der Waals surface area contributed by atoms with Crippen LogP contribution >= 0.6 is 11.8 Å². The maximum absolute atomic E-state index is 13.2. The number of amides is 1. The molecule has 33 heavy (non-hydrogen) atoms. The standard InChI is InChI=1S/C24H22N4O4S/c1-3-13-27-23(29)22(33-24(27)25-17-9-11-21(32-2)12-10-17)16-19-8-5-14-26(19)18-6-4-7-20(15-18)28(30)31/h4-12,14-16H,3,13H2,1-2H3/b22-16-,25-24?. The number of aromatic nitrogens is 1. The van der Waals surface area contributed by atoms with Crippen LogP contribution in [0, 0.1) is 10.1 Å². The first-order valence-corrected chi connectivity index (χ1v) is 11.2. The van der Waals surface area contributed by atoms with Crippen molar-refractivity contribution in [1.29, 1.82) is 0 Å². The molecule has 1 aliphatic heterocycles. The van der Waals surface area contributed by atoms with E-state index in [4.69, 9.17) is 4.74 Å². The lowest BCUT2D eigenvalue weighted by molar-refractivity contribution is -0.384. The van der Waals surface area contributed by atoms with Crippen molar-refractivity contribution in [2.24, 2.45) is 4.99 Å². The summed E-state index contributed by atoms with van der Waals surface area (Å²) >= 11 is 1.32. The number of ether oxygens (including phenoxy) is 1. The minimum absolute atomic E-state index is 0.00847. The van der Waals surface area contributed by atoms with E-state index in [2.05, 4.69) is 4.99 Å². The molecular weight excluding hydrogens is 440 g/mol. The van der Waals surface area contributed by atoms with Gasteiger partial charge in [0.05, 0.1) is 28.3 Å². The predicted octanol–water partition coefficient (Wildman–Crippen LogP) is 5.41. The summed E-state index contributed by atoms with van der Waals surface area (Å²) in [5.41, 5.74) is 2.13. The van der Waals surface area contributed by atoms with Crippen LogP contribution in [0.5, 0.6) is 5.75 Å². The van der Waals surface area contributed by atoms with Gasteiger partial charge in [-0.3, -0.25) is 19.8 Å². The molecule has 168 valence electrons. The molecule has 8 nitrogen and oxygen atoms in total. The molecule has 1 aliphatic rings. The van der Waals surface area contributed by atoms with Gasteiger partial charge in [-0.05, 0) is 66.7 Å². The van der Waals surface area contributed by atoms with E-state index >= 15 is 0 Å². The molecule has 0 saturated carbocycles. The molecular formula is C24H22N4O4S. The summed E-state index contributed by atoms with van der Waals surface area (Å²) in [5.74, 6) is 0.628. The SMILES string of the molecule is CCCN1C(=O)/C(=C/c2cccn2-c2cccc([N+](=O)[O-])c2)SC1=Nc1ccc(OC)cc1. The van der Waals surface area contributed by atoms with Crippen molar-refractivity contribution in [1.82, 2.24) is 9.47 Å². The van der Waals surface area contributed by atoms with Gasteiger partial charge < -0.3 is 9.30 Å². The molecule has 3 aromatic rings. The number of non-ortho nitro benzene ring substituents is 1. The van der Waals surface area contributed by atoms with Crippen molar-refractivity contribution in [3.8, 4) is 11.4 Å². The molecule has 0 spiro atoms. The van der Waals surface area contributed by atoms with Gasteiger partial charge in [0.25, 0.3) is 11.6 Å². The van der Waals surface area contributed by atoms with Crippen LogP contribution in [0.2, 0.25) is 0 Å². The summed E-state index contributed by atoms with van der Waals surface area (Å²) in [6, 6.07) is 17.4. The third kappa shape index (κ3) is 4.83. The predicted molar refractivity (Wildman–Crippen MR) is 130 cm³/mol. The summed E-state index contributed by atoms with van der Waals surface area (Å²) in [4.78, 5) is 30.8. The second-order valence-corrected chi connectivity index (χ2v) is 8.25. The second kappa shape index (κ2) is 9.74. The maximum atomic E-state index is 13.2. The minimum atomic E-state index is -0.425. The Hall–Kier alpha value is -3.85. The van der Waals surface area contributed by atoms with Crippen molar-refractivity contribution in [2.75, 3.05) is 13.7 Å². The van der Waals surface area contributed by atoms with E-state index in [0.717, 1.165) is 23.6 Å². The molecule has 0 N–H and O–H groups in total. The fourth-order valence-electron chi connectivity index (χ4n) is 3.42. The van der Waals surface area contributed by atoms with E-state index in [-0.39, 0.29) is 11.6 Å². The number of carbonyl (C=O) groups excluding carboxylic acids is 1. The van der Waals surface area contributed by atoms with E-state index in [1.54, 1.807) is 30.2 Å². The van der Waals surface area contributed by atoms with Gasteiger partial charge in [-0.15, -0.1) is 0 Å². The Labute approximate surface area is 195 Å². The van der Waals surface area contributed by atoms with Crippen molar-refractivity contribution in [3.63, 3.8) is 0 Å². The van der Waals surface area contributed by atoms with Crippen LogP contribution in [0.15, 0.2) is 76.8 Å². The first-order valence-electron chi connectivity index (χ1n) is 10.4. The number of benzene rings is 2. The normalized spacial score (nSPS) is 16.1. The van der Waals surface area contributed by atoms with Gasteiger partial charge in [-0.25, -0.2) is 4.99 Å². The molecule has 2 aromatic carbocycles. The summed E-state index contributed by atoms with van der Waals surface area (Å²) in [7, 11) is 1.61. The lowest BCUT2D eigenvalue weighted by Gasteiger charge is -2.14. The van der Waals surface area contributed by atoms with Gasteiger partial charge in [0.1, 0.15) is 5.75 Å². The van der Waals surface area contributed by atoms with E-state index < -0.39 is 4.92 Å². The van der Waals surface area contributed by atoms with Crippen LogP contribution < -0.4 is 4.74 Å². The quantitative estimate of drug-likeness (QED) is 0.266. The molecule has 1 amide bonds. The van der Waals surface area contributed by atoms with Gasteiger partial charge in [-0.1, -0.05) is 13.0 Å². The number of aliphatic imine (C=N–C) groups is 1. The molecule has 9 heteroatoms. The lowest BCUT2D eigenvalue weighted by atomic mass is 10.2. The number of nitro benzene ring substituents is 1. The smallest absolute Gasteiger partial charge is 0.271 e. The van der Waals surface area contributed by atoms with E-state index in [9.17, 15) is 14.9 Å². The fraction of sp³-hybridized carbons (Fsp3) is 0.167. The Kier molecular flexibility index (Phi) is 6.60. The zero-order valence-corrected chi connectivity index (χ0v) is 19.0. The Balaban J connectivity index is 1.67. The Bertz CT molecular complexity index is 1250. The van der Waals surface area contributed by atoms with E-state index in [1.165, 1.54) is 23.9 Å². The highest BCUT2D eigenvalue weighted by Crippen LogP contribution is 2.35. The molecule has 0 bridgehead atoms. The lowest BCUT2D eigenvalue weighted by Crippen LogP contribution is -2.29. The minimum Gasteiger partial charge on any atom is -0.497 e. The number of hydrogen-bond acceptors (Lipinski definition) is 6. The van der Waals surface area contributed by atoms with Crippen molar-refractivity contribution < 1.29 is 14.5 Å². The first kappa shape index (κ1) is 22.3. The monoisotopic (exact) mass is 462 g/mol. The summed E-state index contributed by atoms with van der Waals surface area (Å²) in [6.45, 7) is 2.57. The molecule has 2 heterocycles. The number of nitrogens with zero attached hydrogens (tertiary/aromatic N) is 4. The second-order valence-electron chi connectivity index (χ2n) is 7.24. The van der Waals surface area contributed by atoms with E-state index in [0.29, 0.717) is 22.3 Å². The number of nitro groups is 1. The number of thioether (sulfide) groups is 1. The molecule has 0 radical (unpaired) electrons. The van der Waals surface area contributed by atoms with Crippen LogP contribution in [0.3, 0.4) is 0 Å². The van der Waals surface area contributed by atoms with Gasteiger partial charge in [0, 0.05) is 30.6 Å². The first-order chi connectivity index (χ1) is 16.0. The molecule has 1 saturated heterocycles. The summed E-state index contributed by atoms with van der Waals surface area (Å²) < 4.78 is 7.01. The number of methoxy groups -OCH3 is 1. The average Bonchev–Trinajstić information content (AvgIpc) is 3.40. The fourth-order valence-corrected chi connectivity index (χ4v) is 4.43. The highest BCUT2D eigenvalue weighted by atomic mass is 32.2. The van der Waals surface area contributed by atoms with Crippen LogP contribution in [0.4, 0.5) is 11.4 Å². The van der Waals surface area contributed by atoms with Crippen LogP contribution in [-0.4, -0.2) is 39.1 Å². The number of hydrogen-bond donors (Lipinski definition) is 0. The van der Waals surface area contributed by atoms with Gasteiger partial charge in [0.2, 0.25) is 0 Å². The molecule has 0 aliphatic carbocycles. The van der Waals surface area contributed by atoms with E-state index in [1.807, 2.05) is 54.1 Å². The maximum Gasteiger partial charge on any atom is 0.271 e. The molecule has 0 unspecified atom stereocenters. The summed E-state index contributed by atoms with van der Waals surface area (Å²) in [5, 5.41) is 11.8. The Morgan fingerprint density at radius 1 is 1.15 bits per heavy atom. The number of carbonyl (C=O) groups is 1. The Morgan fingerprint density at radius 2 is 1.94 bits per heavy atom. The largest absolute Gasteiger partial charge is 0.497 e. The van der Waals surface area contributed by atoms with Crippen LogP contribution in [-0.2, 0) is 4.79 Å². The highest BCUT2D eigenvalue weighted by molar-refractivity contribution is 8.18. The number of rotatable bonds is 7. The van der Waals surface area contributed by atoms with Crippen molar-refractivity contribution in [2.45, 2.75) is 13.3 Å². The van der Waals surface area contributed by atoms with Crippen LogP contribution in [0.1, 0.15) is 19.0 Å². The Morgan fingerprint density at radius 3 is 2.64 bits per heavy atom. The third-order valence-electron chi connectivity index (χ3n) is 5.01. The molecule has 4 rings (SSSR count). The third-order valence-corrected chi connectivity index (χ3v) is 6.02. The number of amidine groups is 1. The van der Waals surface area contributed by atoms with Gasteiger partial charge >= 0.3 is 0 Å².